The fourth-order valence-corrected chi connectivity index (χ4v) is 3.06. The van der Waals surface area contributed by atoms with E-state index in [1.54, 1.807) is 19.1 Å². The second kappa shape index (κ2) is 6.57. The Morgan fingerprint density at radius 1 is 1.14 bits per heavy atom. The molecule has 5 nitrogen and oxygen atoms in total. The summed E-state index contributed by atoms with van der Waals surface area (Å²) in [6, 6.07) is 9.94. The van der Waals surface area contributed by atoms with E-state index in [9.17, 15) is 12.8 Å². The van der Waals surface area contributed by atoms with Gasteiger partial charge in [-0.25, -0.2) is 17.5 Å². The van der Waals surface area contributed by atoms with Gasteiger partial charge in [-0.3, -0.25) is 0 Å². The highest BCUT2D eigenvalue weighted by molar-refractivity contribution is 7.89. The van der Waals surface area contributed by atoms with Crippen LogP contribution in [-0.2, 0) is 16.6 Å². The molecule has 0 unspecified atom stereocenters. The van der Waals surface area contributed by atoms with Gasteiger partial charge in [0.25, 0.3) is 0 Å². The molecule has 0 saturated carbocycles. The standard InChI is InChI=1S/C14H15BFNO4S/c1-10-2-7-13(16)14(8-10)22(20,21)17-9-11-3-5-12(6-4-11)15(18)19/h2-8,17-19H,9H2,1H3. The number of nitrogens with one attached hydrogen (secondary N) is 1. The van der Waals surface area contributed by atoms with Gasteiger partial charge in [0.05, 0.1) is 0 Å². The second-order valence-corrected chi connectivity index (χ2v) is 6.61. The van der Waals surface area contributed by atoms with Gasteiger partial charge < -0.3 is 10.0 Å². The predicted molar refractivity (Wildman–Crippen MR) is 81.4 cm³/mol. The predicted octanol–water partition coefficient (Wildman–Crippen LogP) is 0.292. The number of aryl methyl sites for hydroxylation is 1. The summed E-state index contributed by atoms with van der Waals surface area (Å²) < 4.78 is 40.2. The average molecular weight is 323 g/mol. The van der Waals surface area contributed by atoms with Crippen LogP contribution in [0.3, 0.4) is 0 Å². The molecule has 8 heteroatoms. The third kappa shape index (κ3) is 3.92. The van der Waals surface area contributed by atoms with Crippen LogP contribution in [0.4, 0.5) is 4.39 Å². The van der Waals surface area contributed by atoms with E-state index in [0.717, 1.165) is 6.07 Å². The van der Waals surface area contributed by atoms with Crippen molar-refractivity contribution in [2.75, 3.05) is 0 Å². The molecule has 2 rings (SSSR count). The van der Waals surface area contributed by atoms with Crippen molar-refractivity contribution in [3.05, 3.63) is 59.4 Å². The summed E-state index contributed by atoms with van der Waals surface area (Å²) in [7, 11) is -5.54. The van der Waals surface area contributed by atoms with Crippen molar-refractivity contribution in [2.24, 2.45) is 0 Å². The maximum absolute atomic E-state index is 13.7. The van der Waals surface area contributed by atoms with Gasteiger partial charge in [0.2, 0.25) is 10.0 Å². The first kappa shape index (κ1) is 16.6. The number of halogens is 1. The van der Waals surface area contributed by atoms with Crippen LogP contribution < -0.4 is 10.2 Å². The van der Waals surface area contributed by atoms with Gasteiger partial charge in [0, 0.05) is 6.54 Å². The maximum atomic E-state index is 13.7. The normalized spacial score (nSPS) is 11.5. The SMILES string of the molecule is Cc1ccc(F)c(S(=O)(=O)NCc2ccc(B(O)O)cc2)c1. The van der Waals surface area contributed by atoms with Crippen LogP contribution >= 0.6 is 0 Å². The van der Waals surface area contributed by atoms with Crippen molar-refractivity contribution in [2.45, 2.75) is 18.4 Å². The summed E-state index contributed by atoms with van der Waals surface area (Å²) in [5.41, 5.74) is 1.56. The van der Waals surface area contributed by atoms with Gasteiger partial charge in [0.15, 0.2) is 0 Å². The Bertz CT molecular complexity index is 763. The Kier molecular flexibility index (Phi) is 4.97. The Hall–Kier alpha value is -1.74. The molecular formula is C14H15BFNO4S. The molecule has 0 heterocycles. The number of benzene rings is 2. The fraction of sp³-hybridized carbons (Fsp3) is 0.143. The van der Waals surface area contributed by atoms with Crippen molar-refractivity contribution in [1.82, 2.24) is 4.72 Å². The summed E-state index contributed by atoms with van der Waals surface area (Å²) in [6.07, 6.45) is 0. The number of sulfonamides is 1. The fourth-order valence-electron chi connectivity index (χ4n) is 1.88. The summed E-state index contributed by atoms with van der Waals surface area (Å²) in [5.74, 6) is -0.808. The molecule has 0 spiro atoms. The molecule has 22 heavy (non-hydrogen) atoms. The summed E-state index contributed by atoms with van der Waals surface area (Å²) >= 11 is 0. The van der Waals surface area contributed by atoms with Crippen LogP contribution in [0.2, 0.25) is 0 Å². The lowest BCUT2D eigenvalue weighted by molar-refractivity contribution is 0.425. The Labute approximate surface area is 128 Å². The van der Waals surface area contributed by atoms with Crippen LogP contribution in [-0.4, -0.2) is 25.6 Å². The third-order valence-electron chi connectivity index (χ3n) is 3.12. The smallest absolute Gasteiger partial charge is 0.423 e. The minimum Gasteiger partial charge on any atom is -0.423 e. The van der Waals surface area contributed by atoms with Crippen molar-refractivity contribution >= 4 is 22.6 Å². The van der Waals surface area contributed by atoms with E-state index >= 15 is 0 Å². The molecule has 2 aromatic carbocycles. The van der Waals surface area contributed by atoms with E-state index in [-0.39, 0.29) is 6.54 Å². The molecular weight excluding hydrogens is 308 g/mol. The molecule has 0 amide bonds. The number of hydrogen-bond donors (Lipinski definition) is 3. The van der Waals surface area contributed by atoms with Crippen molar-refractivity contribution in [3.63, 3.8) is 0 Å². The van der Waals surface area contributed by atoms with Gasteiger partial charge in [-0.15, -0.1) is 0 Å². The lowest BCUT2D eigenvalue weighted by atomic mass is 9.80. The van der Waals surface area contributed by atoms with E-state index in [0.29, 0.717) is 16.6 Å². The van der Waals surface area contributed by atoms with Crippen LogP contribution in [0.15, 0.2) is 47.4 Å². The number of rotatable bonds is 5. The molecule has 0 bridgehead atoms. The van der Waals surface area contributed by atoms with Gasteiger partial charge in [0.1, 0.15) is 10.7 Å². The lowest BCUT2D eigenvalue weighted by Gasteiger charge is -2.09. The average Bonchev–Trinajstić information content (AvgIpc) is 2.48. The van der Waals surface area contributed by atoms with E-state index < -0.39 is 27.9 Å². The topological polar surface area (TPSA) is 86.6 Å². The quantitative estimate of drug-likeness (QED) is 0.691. The Balaban J connectivity index is 2.14. The zero-order valence-corrected chi connectivity index (χ0v) is 12.6. The largest absolute Gasteiger partial charge is 0.488 e. The molecule has 2 aromatic rings. The summed E-state index contributed by atoms with van der Waals surface area (Å²) in [4.78, 5) is -0.394. The summed E-state index contributed by atoms with van der Waals surface area (Å²) in [5, 5.41) is 18.0. The van der Waals surface area contributed by atoms with Crippen LogP contribution in [0.25, 0.3) is 0 Å². The van der Waals surface area contributed by atoms with Crippen molar-refractivity contribution in [1.29, 1.82) is 0 Å². The highest BCUT2D eigenvalue weighted by atomic mass is 32.2. The zero-order chi connectivity index (χ0) is 16.3. The van der Waals surface area contributed by atoms with Crippen LogP contribution in [0, 0.1) is 12.7 Å². The maximum Gasteiger partial charge on any atom is 0.488 e. The molecule has 3 N–H and O–H groups in total. The molecule has 0 radical (unpaired) electrons. The highest BCUT2D eigenvalue weighted by Gasteiger charge is 2.19. The first-order valence-corrected chi connectivity index (χ1v) is 7.99. The first-order chi connectivity index (χ1) is 10.3. The molecule has 0 aromatic heterocycles. The monoisotopic (exact) mass is 323 g/mol. The number of hydrogen-bond acceptors (Lipinski definition) is 4. The highest BCUT2D eigenvalue weighted by Crippen LogP contribution is 2.16. The van der Waals surface area contributed by atoms with Gasteiger partial charge in [-0.1, -0.05) is 30.3 Å². The molecule has 0 aliphatic carbocycles. The van der Waals surface area contributed by atoms with E-state index in [1.165, 1.54) is 24.3 Å². The van der Waals surface area contributed by atoms with Gasteiger partial charge >= 0.3 is 7.12 Å². The van der Waals surface area contributed by atoms with E-state index in [4.69, 9.17) is 10.0 Å². The molecule has 0 atom stereocenters. The van der Waals surface area contributed by atoms with Crippen molar-refractivity contribution in [3.8, 4) is 0 Å². The third-order valence-corrected chi connectivity index (χ3v) is 4.54. The molecule has 0 aliphatic heterocycles. The summed E-state index contributed by atoms with van der Waals surface area (Å²) in [6.45, 7) is 1.65. The van der Waals surface area contributed by atoms with Crippen molar-refractivity contribution < 1.29 is 22.9 Å². The Morgan fingerprint density at radius 3 is 2.36 bits per heavy atom. The van der Waals surface area contributed by atoms with Gasteiger partial charge in [-0.2, -0.15) is 0 Å². The molecule has 0 saturated heterocycles. The van der Waals surface area contributed by atoms with Crippen LogP contribution in [0.5, 0.6) is 0 Å². The van der Waals surface area contributed by atoms with E-state index in [1.807, 2.05) is 0 Å². The lowest BCUT2D eigenvalue weighted by Crippen LogP contribution is -2.30. The Morgan fingerprint density at radius 2 is 1.77 bits per heavy atom. The zero-order valence-electron chi connectivity index (χ0n) is 11.8. The molecule has 116 valence electrons. The van der Waals surface area contributed by atoms with E-state index in [2.05, 4.69) is 4.72 Å². The first-order valence-electron chi connectivity index (χ1n) is 6.50. The molecule has 0 fully saturated rings. The van der Waals surface area contributed by atoms with Gasteiger partial charge in [-0.05, 0) is 35.6 Å². The minimum absolute atomic E-state index is 0.0302. The second-order valence-electron chi connectivity index (χ2n) is 4.87. The minimum atomic E-state index is -3.96. The van der Waals surface area contributed by atoms with Crippen LogP contribution in [0.1, 0.15) is 11.1 Å². The molecule has 0 aliphatic rings.